The minimum absolute atomic E-state index is 0.124. The van der Waals surface area contributed by atoms with Crippen molar-refractivity contribution in [1.82, 2.24) is 4.98 Å². The third-order valence-electron chi connectivity index (χ3n) is 7.93. The Morgan fingerprint density at radius 3 is 2.74 bits per heavy atom. The molecule has 160 valence electrons. The molecule has 2 heterocycles. The molecule has 1 aromatic carbocycles. The number of halogens is 1. The van der Waals surface area contributed by atoms with Crippen molar-refractivity contribution in [2.45, 2.75) is 49.6 Å². The topological polar surface area (TPSA) is 69.7 Å². The number of ether oxygens (including phenoxy) is 2. The molecule has 2 N–H and O–H groups in total. The molecule has 2 aliphatic carbocycles. The summed E-state index contributed by atoms with van der Waals surface area (Å²) in [6, 6.07) is 9.96. The second-order valence-electron chi connectivity index (χ2n) is 9.94. The van der Waals surface area contributed by atoms with Gasteiger partial charge < -0.3 is 15.2 Å². The van der Waals surface area contributed by atoms with E-state index in [-0.39, 0.29) is 17.5 Å². The predicted molar refractivity (Wildman–Crippen MR) is 124 cm³/mol. The molecule has 0 unspecified atom stereocenters. The van der Waals surface area contributed by atoms with Gasteiger partial charge in [0.25, 0.3) is 6.02 Å². The first-order valence-corrected chi connectivity index (χ1v) is 11.0. The number of hydrogen-bond donors (Lipinski definition) is 1. The molecule has 2 spiro atoms. The molecule has 1 fully saturated rings. The Kier molecular flexibility index (Phi) is 4.53. The Morgan fingerprint density at radius 1 is 1.29 bits per heavy atom. The van der Waals surface area contributed by atoms with Gasteiger partial charge in [0.1, 0.15) is 5.54 Å². The lowest BCUT2D eigenvalue weighted by atomic mass is 9.44. The Bertz CT molecular complexity index is 1080. The summed E-state index contributed by atoms with van der Waals surface area (Å²) in [7, 11) is 5.96. The highest BCUT2D eigenvalue weighted by atomic mass is 19.1. The average Bonchev–Trinajstić information content (AvgIpc) is 3.13. The van der Waals surface area contributed by atoms with Crippen LogP contribution in [0.2, 0.25) is 0 Å². The van der Waals surface area contributed by atoms with E-state index in [2.05, 4.69) is 39.7 Å². The quantitative estimate of drug-likeness (QED) is 0.595. The number of aliphatic imine (C=N–C) groups is 1. The van der Waals surface area contributed by atoms with Gasteiger partial charge in [-0.15, -0.1) is 0 Å². The first-order valence-electron chi connectivity index (χ1n) is 11.0. The summed E-state index contributed by atoms with van der Waals surface area (Å²) in [4.78, 5) is 8.89. The van der Waals surface area contributed by atoms with Crippen LogP contribution in [-0.4, -0.2) is 45.3 Å². The summed E-state index contributed by atoms with van der Waals surface area (Å²) >= 11 is 0. The van der Waals surface area contributed by atoms with Crippen molar-refractivity contribution >= 4 is 21.7 Å². The fraction of sp³-hybridized carbons (Fsp3) is 0.478. The van der Waals surface area contributed by atoms with Gasteiger partial charge in [0.05, 0.1) is 11.5 Å². The van der Waals surface area contributed by atoms with Gasteiger partial charge in [-0.25, -0.2) is 9.98 Å². The molecule has 5 nitrogen and oxygen atoms in total. The summed E-state index contributed by atoms with van der Waals surface area (Å²) in [5.74, 6) is -0.0728. The lowest BCUT2D eigenvalue weighted by Gasteiger charge is -2.53. The van der Waals surface area contributed by atoms with E-state index in [1.165, 1.54) is 11.8 Å². The predicted octanol–water partition coefficient (Wildman–Crippen LogP) is 1.73. The zero-order valence-corrected chi connectivity index (χ0v) is 18.6. The molecule has 1 saturated carbocycles. The van der Waals surface area contributed by atoms with Gasteiger partial charge >= 0.3 is 0 Å². The zero-order valence-electron chi connectivity index (χ0n) is 18.6. The minimum atomic E-state index is -0.624. The maximum atomic E-state index is 14.5. The van der Waals surface area contributed by atoms with E-state index < -0.39 is 16.9 Å². The fourth-order valence-electron chi connectivity index (χ4n) is 6.81. The molecule has 4 atom stereocenters. The second kappa shape index (κ2) is 6.83. The molecule has 8 heteroatoms. The second-order valence-corrected chi connectivity index (χ2v) is 9.94. The van der Waals surface area contributed by atoms with Crippen LogP contribution in [0.1, 0.15) is 37.3 Å². The number of methoxy groups -OCH3 is 1. The van der Waals surface area contributed by atoms with Gasteiger partial charge in [-0.1, -0.05) is 19.1 Å². The first-order chi connectivity index (χ1) is 14.7. The van der Waals surface area contributed by atoms with Gasteiger partial charge in [-0.3, -0.25) is 0 Å². The molecular formula is C23H28B2FN3O2. The lowest BCUT2D eigenvalue weighted by Crippen LogP contribution is -2.60. The summed E-state index contributed by atoms with van der Waals surface area (Å²) in [5.41, 5.74) is 9.09. The van der Waals surface area contributed by atoms with Crippen molar-refractivity contribution in [2.75, 3.05) is 7.11 Å². The Balaban J connectivity index is 1.71. The van der Waals surface area contributed by atoms with Gasteiger partial charge in [0.2, 0.25) is 5.95 Å². The normalized spacial score (nSPS) is 33.3. The SMILES string of the molecule is BC1(B)OC(N)=N[C@]12c1cc(-c3cccnc3F)ccc1C[C@]21CC[C@@H](OC)[C@H](C)C1. The average molecular weight is 419 g/mol. The molecule has 0 radical (unpaired) electrons. The number of rotatable bonds is 2. The van der Waals surface area contributed by atoms with Crippen molar-refractivity contribution in [2.24, 2.45) is 22.1 Å². The smallest absolute Gasteiger partial charge is 0.282 e. The number of nitrogens with zero attached hydrogens (tertiary/aromatic N) is 2. The standard InChI is InChI=1S/C23H28B2FN3O2/c1-13-11-21(8-7-18(13)30-2)12-15-6-5-14(16-4-3-9-28-19(16)26)10-17(15)22(21)23(24,25)31-20(27)29-22/h3-6,9-10,13,18H,7-8,11-12,24-25H2,1-2H3,(H2,27,29)/t13-,18-,21-,22+/m1/s1. The highest BCUT2D eigenvalue weighted by molar-refractivity contribution is 6.41. The number of fused-ring (bicyclic) bond motifs is 3. The summed E-state index contributed by atoms with van der Waals surface area (Å²) in [6.07, 6.45) is 5.55. The van der Waals surface area contributed by atoms with Crippen LogP contribution in [-0.2, 0) is 21.4 Å². The van der Waals surface area contributed by atoms with Crippen molar-refractivity contribution in [1.29, 1.82) is 0 Å². The van der Waals surface area contributed by atoms with E-state index in [1.54, 1.807) is 19.2 Å². The van der Waals surface area contributed by atoms with E-state index in [0.29, 0.717) is 11.5 Å². The van der Waals surface area contributed by atoms with Gasteiger partial charge in [0.15, 0.2) is 15.7 Å². The highest BCUT2D eigenvalue weighted by Gasteiger charge is 2.68. The van der Waals surface area contributed by atoms with Crippen molar-refractivity contribution in [3.05, 3.63) is 53.6 Å². The maximum Gasteiger partial charge on any atom is 0.282 e. The number of amidine groups is 1. The largest absolute Gasteiger partial charge is 0.475 e. The number of nitrogens with two attached hydrogens (primary N) is 1. The Labute approximate surface area is 184 Å². The molecular weight excluding hydrogens is 391 g/mol. The molecule has 2 aromatic rings. The van der Waals surface area contributed by atoms with E-state index in [9.17, 15) is 4.39 Å². The van der Waals surface area contributed by atoms with Crippen molar-refractivity contribution in [3.8, 4) is 11.1 Å². The molecule has 0 bridgehead atoms. The van der Waals surface area contributed by atoms with Crippen LogP contribution in [0, 0.1) is 17.3 Å². The van der Waals surface area contributed by atoms with Crippen LogP contribution in [0.4, 0.5) is 4.39 Å². The van der Waals surface area contributed by atoms with E-state index in [1.807, 2.05) is 6.07 Å². The van der Waals surface area contributed by atoms with Crippen LogP contribution >= 0.6 is 0 Å². The van der Waals surface area contributed by atoms with Crippen molar-refractivity contribution in [3.63, 3.8) is 0 Å². The van der Waals surface area contributed by atoms with E-state index in [4.69, 9.17) is 20.2 Å². The molecule has 1 aromatic heterocycles. The van der Waals surface area contributed by atoms with Crippen molar-refractivity contribution < 1.29 is 13.9 Å². The van der Waals surface area contributed by atoms with Gasteiger partial charge in [0, 0.05) is 24.3 Å². The third-order valence-corrected chi connectivity index (χ3v) is 7.93. The summed E-state index contributed by atoms with van der Waals surface area (Å²) < 4.78 is 26.4. The summed E-state index contributed by atoms with van der Waals surface area (Å²) in [5, 5.41) is -0.617. The molecule has 0 saturated heterocycles. The zero-order chi connectivity index (χ0) is 22.0. The lowest BCUT2D eigenvalue weighted by molar-refractivity contribution is -0.0559. The van der Waals surface area contributed by atoms with Gasteiger partial charge in [-0.2, -0.15) is 4.39 Å². The van der Waals surface area contributed by atoms with Crippen LogP contribution in [0.3, 0.4) is 0 Å². The van der Waals surface area contributed by atoms with Gasteiger partial charge in [-0.05, 0) is 66.5 Å². The highest BCUT2D eigenvalue weighted by Crippen LogP contribution is 2.65. The molecule has 0 amide bonds. The minimum Gasteiger partial charge on any atom is -0.475 e. The Morgan fingerprint density at radius 2 is 2.10 bits per heavy atom. The molecule has 3 aliphatic rings. The first kappa shape index (κ1) is 20.6. The van der Waals surface area contributed by atoms with Crippen LogP contribution in [0.15, 0.2) is 41.5 Å². The monoisotopic (exact) mass is 419 g/mol. The summed E-state index contributed by atoms with van der Waals surface area (Å²) in [6.45, 7) is 2.26. The molecule has 31 heavy (non-hydrogen) atoms. The van der Waals surface area contributed by atoms with E-state index in [0.717, 1.165) is 36.8 Å². The number of hydrogen-bond acceptors (Lipinski definition) is 5. The number of benzene rings is 1. The third kappa shape index (κ3) is 2.73. The van der Waals surface area contributed by atoms with E-state index >= 15 is 0 Å². The fourth-order valence-corrected chi connectivity index (χ4v) is 6.81. The van der Waals surface area contributed by atoms with Crippen LogP contribution in [0.25, 0.3) is 11.1 Å². The van der Waals surface area contributed by atoms with Crippen LogP contribution in [0.5, 0.6) is 0 Å². The Hall–Kier alpha value is -2.34. The number of aromatic nitrogens is 1. The molecule has 5 rings (SSSR count). The number of pyridine rings is 1. The molecule has 1 aliphatic heterocycles. The van der Waals surface area contributed by atoms with Crippen LogP contribution < -0.4 is 5.73 Å². The maximum absolute atomic E-state index is 14.5.